The number of benzene rings is 1. The van der Waals surface area contributed by atoms with Crippen LogP contribution in [0, 0.1) is 0 Å². The van der Waals surface area contributed by atoms with Crippen molar-refractivity contribution in [3.63, 3.8) is 0 Å². The summed E-state index contributed by atoms with van der Waals surface area (Å²) in [7, 11) is 0. The predicted octanol–water partition coefficient (Wildman–Crippen LogP) is 4.84. The summed E-state index contributed by atoms with van der Waals surface area (Å²) in [6.45, 7) is 0. The largest absolute Gasteiger partial charge is 0.343 e. The van der Waals surface area contributed by atoms with E-state index in [1.807, 2.05) is 17.6 Å². The third kappa shape index (κ3) is 2.17. The molecule has 4 aromatic rings. The normalized spacial score (nSPS) is 14.2. The minimum atomic E-state index is 0.643. The van der Waals surface area contributed by atoms with Gasteiger partial charge in [0.2, 0.25) is 0 Å². The highest BCUT2D eigenvalue weighted by Crippen LogP contribution is 2.36. The number of H-pyrrole nitrogens is 1. The van der Waals surface area contributed by atoms with Crippen molar-refractivity contribution in [1.29, 1.82) is 0 Å². The van der Waals surface area contributed by atoms with E-state index in [0.29, 0.717) is 5.02 Å². The van der Waals surface area contributed by atoms with Crippen LogP contribution in [0.2, 0.25) is 5.02 Å². The molecule has 5 nitrogen and oxygen atoms in total. The molecule has 1 aliphatic carbocycles. The first kappa shape index (κ1) is 14.2. The molecule has 0 saturated carbocycles. The third-order valence-corrected chi connectivity index (χ3v) is 5.66. The highest BCUT2D eigenvalue weighted by atomic mass is 35.5. The van der Waals surface area contributed by atoms with Crippen LogP contribution in [-0.2, 0) is 12.8 Å². The van der Waals surface area contributed by atoms with Gasteiger partial charge in [0.1, 0.15) is 17.8 Å². The second kappa shape index (κ2) is 5.43. The molecule has 0 spiro atoms. The summed E-state index contributed by atoms with van der Waals surface area (Å²) < 4.78 is 1.10. The van der Waals surface area contributed by atoms with Crippen molar-refractivity contribution in [2.75, 3.05) is 5.32 Å². The molecule has 0 aliphatic heterocycles. The predicted molar refractivity (Wildman–Crippen MR) is 98.4 cm³/mol. The highest BCUT2D eigenvalue weighted by Gasteiger charge is 2.19. The zero-order valence-corrected chi connectivity index (χ0v) is 14.3. The van der Waals surface area contributed by atoms with Gasteiger partial charge in [-0.2, -0.15) is 0 Å². The molecule has 7 heteroatoms. The molecular formula is C17H14ClN5S. The van der Waals surface area contributed by atoms with Crippen LogP contribution in [0.1, 0.15) is 24.1 Å². The molecule has 3 heterocycles. The molecule has 0 saturated heterocycles. The minimum absolute atomic E-state index is 0.643. The number of hydrogen-bond donors (Lipinski definition) is 2. The monoisotopic (exact) mass is 355 g/mol. The van der Waals surface area contributed by atoms with E-state index in [2.05, 4.69) is 25.3 Å². The number of rotatable bonds is 2. The van der Waals surface area contributed by atoms with Gasteiger partial charge in [0.05, 0.1) is 31.8 Å². The van der Waals surface area contributed by atoms with Crippen LogP contribution in [0.3, 0.4) is 0 Å². The molecule has 0 unspecified atom stereocenters. The average molecular weight is 356 g/mol. The number of nitrogens with one attached hydrogen (secondary N) is 2. The van der Waals surface area contributed by atoms with Gasteiger partial charge in [-0.25, -0.2) is 15.0 Å². The van der Waals surface area contributed by atoms with E-state index in [9.17, 15) is 0 Å². The average Bonchev–Trinajstić information content (AvgIpc) is 3.19. The Labute approximate surface area is 147 Å². The Morgan fingerprint density at radius 2 is 2.04 bits per heavy atom. The summed E-state index contributed by atoms with van der Waals surface area (Å²) in [4.78, 5) is 16.6. The minimum Gasteiger partial charge on any atom is -0.343 e. The van der Waals surface area contributed by atoms with Gasteiger partial charge in [0.15, 0.2) is 0 Å². The summed E-state index contributed by atoms with van der Waals surface area (Å²) in [6, 6.07) is 3.92. The Kier molecular flexibility index (Phi) is 3.21. The lowest BCUT2D eigenvalue weighted by atomic mass is 9.96. The summed E-state index contributed by atoms with van der Waals surface area (Å²) in [6.07, 6.45) is 6.18. The molecule has 0 amide bonds. The molecule has 3 aromatic heterocycles. The Bertz CT molecular complexity index is 1070. The smallest absolute Gasteiger partial charge is 0.143 e. The first-order chi connectivity index (χ1) is 11.8. The number of thiazole rings is 1. The molecule has 0 fully saturated rings. The van der Waals surface area contributed by atoms with Gasteiger partial charge in [-0.1, -0.05) is 11.6 Å². The van der Waals surface area contributed by atoms with E-state index < -0.39 is 0 Å². The van der Waals surface area contributed by atoms with E-state index in [4.69, 9.17) is 11.6 Å². The quantitative estimate of drug-likeness (QED) is 0.539. The fourth-order valence-corrected chi connectivity index (χ4v) is 4.33. The summed E-state index contributed by atoms with van der Waals surface area (Å²) >= 11 is 8.03. The van der Waals surface area contributed by atoms with Crippen LogP contribution >= 0.6 is 22.9 Å². The second-order valence-electron chi connectivity index (χ2n) is 6.01. The molecule has 0 radical (unpaired) electrons. The van der Waals surface area contributed by atoms with Crippen molar-refractivity contribution in [2.24, 2.45) is 0 Å². The third-order valence-electron chi connectivity index (χ3n) is 4.56. The van der Waals surface area contributed by atoms with Crippen LogP contribution in [0.25, 0.3) is 21.3 Å². The zero-order valence-electron chi connectivity index (χ0n) is 12.8. The van der Waals surface area contributed by atoms with Gasteiger partial charge >= 0.3 is 0 Å². The molecule has 5 rings (SSSR count). The lowest BCUT2D eigenvalue weighted by molar-refractivity contribution is 0.680. The molecule has 0 atom stereocenters. The standard InChI is InChI=1S/C17H14ClN5S/c18-10-5-13-14(24-8-21-13)6-12(10)23-17-15-9-3-1-2-4-11(9)22-16(15)19-7-20-17/h5-8H,1-4H2,(H2,19,20,22,23). The van der Waals surface area contributed by atoms with Crippen LogP contribution in [-0.4, -0.2) is 19.9 Å². The van der Waals surface area contributed by atoms with Gasteiger partial charge in [0, 0.05) is 5.69 Å². The fraction of sp³-hybridized carbons (Fsp3) is 0.235. The van der Waals surface area contributed by atoms with E-state index in [1.54, 1.807) is 17.7 Å². The number of halogens is 1. The number of anilines is 2. The van der Waals surface area contributed by atoms with E-state index in [0.717, 1.165) is 45.6 Å². The molecule has 1 aromatic carbocycles. The van der Waals surface area contributed by atoms with Crippen molar-refractivity contribution >= 4 is 55.7 Å². The number of nitrogens with zero attached hydrogens (tertiary/aromatic N) is 3. The molecule has 120 valence electrons. The maximum absolute atomic E-state index is 6.43. The van der Waals surface area contributed by atoms with Crippen LogP contribution < -0.4 is 5.32 Å². The first-order valence-electron chi connectivity index (χ1n) is 7.94. The number of aromatic nitrogens is 4. The Morgan fingerprint density at radius 1 is 1.12 bits per heavy atom. The van der Waals surface area contributed by atoms with Crippen molar-refractivity contribution in [2.45, 2.75) is 25.7 Å². The van der Waals surface area contributed by atoms with Gasteiger partial charge in [0.25, 0.3) is 0 Å². The maximum atomic E-state index is 6.43. The molecule has 0 bridgehead atoms. The van der Waals surface area contributed by atoms with Crippen molar-refractivity contribution in [3.8, 4) is 0 Å². The molecule has 2 N–H and O–H groups in total. The van der Waals surface area contributed by atoms with Gasteiger partial charge in [-0.15, -0.1) is 11.3 Å². The van der Waals surface area contributed by atoms with E-state index in [1.165, 1.54) is 24.1 Å². The first-order valence-corrected chi connectivity index (χ1v) is 9.19. The molecule has 1 aliphatic rings. The number of fused-ring (bicyclic) bond motifs is 4. The molecular weight excluding hydrogens is 342 g/mol. The van der Waals surface area contributed by atoms with Crippen molar-refractivity contribution in [3.05, 3.63) is 40.3 Å². The Hall–Kier alpha value is -2.18. The lowest BCUT2D eigenvalue weighted by Crippen LogP contribution is -2.01. The zero-order chi connectivity index (χ0) is 16.1. The fourth-order valence-electron chi connectivity index (χ4n) is 3.42. The van der Waals surface area contributed by atoms with Crippen LogP contribution in [0.4, 0.5) is 11.5 Å². The maximum Gasteiger partial charge on any atom is 0.143 e. The topological polar surface area (TPSA) is 66.5 Å². The number of aryl methyl sites for hydroxylation is 2. The van der Waals surface area contributed by atoms with Crippen molar-refractivity contribution < 1.29 is 0 Å². The summed E-state index contributed by atoms with van der Waals surface area (Å²) in [5, 5.41) is 5.14. The lowest BCUT2D eigenvalue weighted by Gasteiger charge is -2.13. The second-order valence-corrected chi connectivity index (χ2v) is 7.31. The van der Waals surface area contributed by atoms with Gasteiger partial charge < -0.3 is 10.3 Å². The highest BCUT2D eigenvalue weighted by molar-refractivity contribution is 7.16. The number of aromatic amines is 1. The van der Waals surface area contributed by atoms with E-state index >= 15 is 0 Å². The summed E-state index contributed by atoms with van der Waals surface area (Å²) in [5.41, 5.74) is 7.13. The molecule has 24 heavy (non-hydrogen) atoms. The van der Waals surface area contributed by atoms with Crippen molar-refractivity contribution in [1.82, 2.24) is 19.9 Å². The van der Waals surface area contributed by atoms with Crippen LogP contribution in [0.15, 0.2) is 24.0 Å². The SMILES string of the molecule is Clc1cc2ncsc2cc1Nc1ncnc2[nH]c3c(c12)CCCC3. The van der Waals surface area contributed by atoms with Gasteiger partial charge in [-0.3, -0.25) is 0 Å². The van der Waals surface area contributed by atoms with E-state index in [-0.39, 0.29) is 0 Å². The Balaban J connectivity index is 1.65. The summed E-state index contributed by atoms with van der Waals surface area (Å²) in [5.74, 6) is 0.810. The van der Waals surface area contributed by atoms with Crippen LogP contribution in [0.5, 0.6) is 0 Å². The Morgan fingerprint density at radius 3 is 3.00 bits per heavy atom. The number of hydrogen-bond acceptors (Lipinski definition) is 5. The van der Waals surface area contributed by atoms with Gasteiger partial charge in [-0.05, 0) is 43.4 Å².